The second-order valence-corrected chi connectivity index (χ2v) is 8.32. The number of primary amides is 1. The lowest BCUT2D eigenvalue weighted by molar-refractivity contribution is -0.122. The number of ether oxygens (including phenoxy) is 3. The van der Waals surface area contributed by atoms with Gasteiger partial charge in [0.2, 0.25) is 5.91 Å². The van der Waals surface area contributed by atoms with Crippen molar-refractivity contribution in [3.63, 3.8) is 0 Å². The van der Waals surface area contributed by atoms with Gasteiger partial charge in [-0.25, -0.2) is 0 Å². The van der Waals surface area contributed by atoms with Gasteiger partial charge >= 0.3 is 0 Å². The quantitative estimate of drug-likeness (QED) is 0.369. The molecule has 0 spiro atoms. The first kappa shape index (κ1) is 24.0. The average molecular weight is 472 g/mol. The smallest absolute Gasteiger partial charge is 0.234 e. The standard InChI is InChI=1S/C28H29N3O4/c1-18(28(29)32)31(2)17-19-9-11-20(12-10-19)21-7-5-6-8-24(21)35-25-13-14-30-23-16-27(34-4)26(33-3)15-22(23)25/h5-16,18H,17H2,1-4H3,(H2,29,32)/t18-/m0/s1. The number of hydrogen-bond donors (Lipinski definition) is 1. The molecule has 0 saturated heterocycles. The number of carbonyl (C=O) groups excluding carboxylic acids is 1. The largest absolute Gasteiger partial charge is 0.493 e. The second kappa shape index (κ2) is 10.4. The lowest BCUT2D eigenvalue weighted by Gasteiger charge is -2.22. The van der Waals surface area contributed by atoms with Gasteiger partial charge < -0.3 is 19.9 Å². The molecular formula is C28H29N3O4. The Balaban J connectivity index is 1.63. The van der Waals surface area contributed by atoms with E-state index in [9.17, 15) is 4.79 Å². The van der Waals surface area contributed by atoms with Gasteiger partial charge in [-0.05, 0) is 43.3 Å². The molecule has 7 nitrogen and oxygen atoms in total. The van der Waals surface area contributed by atoms with Gasteiger partial charge in [0.1, 0.15) is 11.5 Å². The Labute approximate surface area is 205 Å². The second-order valence-electron chi connectivity index (χ2n) is 8.32. The number of methoxy groups -OCH3 is 2. The van der Waals surface area contributed by atoms with Crippen molar-refractivity contribution in [2.45, 2.75) is 19.5 Å². The van der Waals surface area contributed by atoms with Crippen molar-refractivity contribution < 1.29 is 19.0 Å². The van der Waals surface area contributed by atoms with Crippen LogP contribution in [0.1, 0.15) is 12.5 Å². The first-order chi connectivity index (χ1) is 16.9. The van der Waals surface area contributed by atoms with Crippen molar-refractivity contribution in [2.24, 2.45) is 5.73 Å². The number of pyridine rings is 1. The Morgan fingerprint density at radius 1 is 0.943 bits per heavy atom. The molecule has 0 saturated carbocycles. The molecule has 4 rings (SSSR count). The summed E-state index contributed by atoms with van der Waals surface area (Å²) in [6.07, 6.45) is 1.71. The van der Waals surface area contributed by atoms with Crippen LogP contribution >= 0.6 is 0 Å². The summed E-state index contributed by atoms with van der Waals surface area (Å²) in [6, 6.07) is 21.3. The normalized spacial score (nSPS) is 11.9. The van der Waals surface area contributed by atoms with E-state index < -0.39 is 0 Å². The fraction of sp³-hybridized carbons (Fsp3) is 0.214. The topological polar surface area (TPSA) is 86.9 Å². The van der Waals surface area contributed by atoms with Crippen molar-refractivity contribution in [1.29, 1.82) is 0 Å². The van der Waals surface area contributed by atoms with Crippen molar-refractivity contribution >= 4 is 16.8 Å². The first-order valence-electron chi connectivity index (χ1n) is 11.3. The highest BCUT2D eigenvalue weighted by molar-refractivity contribution is 5.88. The predicted molar refractivity (Wildman–Crippen MR) is 137 cm³/mol. The molecule has 3 aromatic carbocycles. The maximum Gasteiger partial charge on any atom is 0.234 e. The third-order valence-corrected chi connectivity index (χ3v) is 6.08. The maximum absolute atomic E-state index is 11.5. The number of fused-ring (bicyclic) bond motifs is 1. The fourth-order valence-electron chi connectivity index (χ4n) is 3.88. The molecule has 0 aliphatic rings. The highest BCUT2D eigenvalue weighted by Gasteiger charge is 2.16. The SMILES string of the molecule is COc1cc2nccc(Oc3ccccc3-c3ccc(CN(C)[C@@H](C)C(N)=O)cc3)c2cc1OC. The summed E-state index contributed by atoms with van der Waals surface area (Å²) in [5, 5.41) is 0.821. The molecule has 7 heteroatoms. The molecule has 0 fully saturated rings. The number of nitrogens with zero attached hydrogens (tertiary/aromatic N) is 2. The monoisotopic (exact) mass is 471 g/mol. The Morgan fingerprint density at radius 3 is 2.31 bits per heavy atom. The maximum atomic E-state index is 11.5. The molecule has 180 valence electrons. The summed E-state index contributed by atoms with van der Waals surface area (Å²) >= 11 is 0. The minimum atomic E-state index is -0.338. The summed E-state index contributed by atoms with van der Waals surface area (Å²) in [7, 11) is 5.09. The lowest BCUT2D eigenvalue weighted by Crippen LogP contribution is -2.39. The minimum absolute atomic E-state index is 0.336. The highest BCUT2D eigenvalue weighted by atomic mass is 16.5. The number of likely N-dealkylation sites (N-methyl/N-ethyl adjacent to an activating group) is 1. The van der Waals surface area contributed by atoms with Crippen LogP contribution < -0.4 is 19.9 Å². The Kier molecular flexibility index (Phi) is 7.17. The van der Waals surface area contributed by atoms with Crippen LogP contribution in [0.3, 0.4) is 0 Å². The third kappa shape index (κ3) is 5.20. The summed E-state index contributed by atoms with van der Waals surface area (Å²) in [5.41, 5.74) is 9.24. The molecule has 35 heavy (non-hydrogen) atoms. The summed E-state index contributed by atoms with van der Waals surface area (Å²) in [6.45, 7) is 2.43. The zero-order valence-corrected chi connectivity index (χ0v) is 20.3. The number of nitrogens with two attached hydrogens (primary N) is 1. The van der Waals surface area contributed by atoms with Crippen LogP contribution in [0.25, 0.3) is 22.0 Å². The molecule has 0 bridgehead atoms. The molecule has 0 aliphatic heterocycles. The van der Waals surface area contributed by atoms with Crippen LogP contribution in [0.5, 0.6) is 23.0 Å². The molecule has 0 aliphatic carbocycles. The molecule has 1 heterocycles. The van der Waals surface area contributed by atoms with Crippen LogP contribution in [-0.4, -0.2) is 43.1 Å². The van der Waals surface area contributed by atoms with Gasteiger partial charge in [0.05, 0.1) is 25.8 Å². The zero-order chi connectivity index (χ0) is 24.9. The van der Waals surface area contributed by atoms with E-state index >= 15 is 0 Å². The van der Waals surface area contributed by atoms with Gasteiger partial charge in [0, 0.05) is 29.8 Å². The number of para-hydroxylation sites is 1. The van der Waals surface area contributed by atoms with Crippen LogP contribution in [0.15, 0.2) is 72.9 Å². The Morgan fingerprint density at radius 2 is 1.63 bits per heavy atom. The van der Waals surface area contributed by atoms with Crippen LogP contribution in [-0.2, 0) is 11.3 Å². The van der Waals surface area contributed by atoms with Gasteiger partial charge in [-0.15, -0.1) is 0 Å². The zero-order valence-electron chi connectivity index (χ0n) is 20.3. The molecular weight excluding hydrogens is 442 g/mol. The summed E-state index contributed by atoms with van der Waals surface area (Å²) in [5.74, 6) is 2.28. The Hall–Kier alpha value is -4.10. The van der Waals surface area contributed by atoms with Gasteiger partial charge in [-0.2, -0.15) is 0 Å². The van der Waals surface area contributed by atoms with Gasteiger partial charge in [0.25, 0.3) is 0 Å². The molecule has 1 aromatic heterocycles. The number of hydrogen-bond acceptors (Lipinski definition) is 6. The molecule has 1 atom stereocenters. The number of benzene rings is 3. The third-order valence-electron chi connectivity index (χ3n) is 6.08. The van der Waals surface area contributed by atoms with Crippen molar-refractivity contribution in [3.8, 4) is 34.1 Å². The first-order valence-corrected chi connectivity index (χ1v) is 11.3. The van der Waals surface area contributed by atoms with E-state index in [0.29, 0.717) is 23.8 Å². The van der Waals surface area contributed by atoms with E-state index in [0.717, 1.165) is 33.3 Å². The molecule has 1 amide bonds. The van der Waals surface area contributed by atoms with Crippen LogP contribution in [0, 0.1) is 0 Å². The number of aromatic nitrogens is 1. The Bertz CT molecular complexity index is 1340. The number of carbonyl (C=O) groups is 1. The van der Waals surface area contributed by atoms with Crippen LogP contribution in [0.4, 0.5) is 0 Å². The van der Waals surface area contributed by atoms with Crippen LogP contribution in [0.2, 0.25) is 0 Å². The molecule has 4 aromatic rings. The van der Waals surface area contributed by atoms with Crippen molar-refractivity contribution in [2.75, 3.05) is 21.3 Å². The minimum Gasteiger partial charge on any atom is -0.493 e. The van der Waals surface area contributed by atoms with Crippen molar-refractivity contribution in [1.82, 2.24) is 9.88 Å². The van der Waals surface area contributed by atoms with E-state index in [1.54, 1.807) is 27.3 Å². The molecule has 0 radical (unpaired) electrons. The van der Waals surface area contributed by atoms with E-state index in [4.69, 9.17) is 19.9 Å². The number of rotatable bonds is 9. The van der Waals surface area contributed by atoms with Crippen molar-refractivity contribution in [3.05, 3.63) is 78.5 Å². The fourth-order valence-corrected chi connectivity index (χ4v) is 3.88. The molecule has 0 unspecified atom stereocenters. The predicted octanol–water partition coefficient (Wildman–Crippen LogP) is 5.02. The highest BCUT2D eigenvalue weighted by Crippen LogP contribution is 2.39. The summed E-state index contributed by atoms with van der Waals surface area (Å²) < 4.78 is 17.3. The van der Waals surface area contributed by atoms with E-state index in [-0.39, 0.29) is 11.9 Å². The van der Waals surface area contributed by atoms with E-state index in [1.807, 2.05) is 54.4 Å². The van der Waals surface area contributed by atoms with Gasteiger partial charge in [-0.1, -0.05) is 42.5 Å². The van der Waals surface area contributed by atoms with E-state index in [1.165, 1.54) is 0 Å². The van der Waals surface area contributed by atoms with Gasteiger partial charge in [0.15, 0.2) is 11.5 Å². The average Bonchev–Trinajstić information content (AvgIpc) is 2.88. The van der Waals surface area contributed by atoms with Gasteiger partial charge in [-0.3, -0.25) is 14.7 Å². The lowest BCUT2D eigenvalue weighted by atomic mass is 10.0. The summed E-state index contributed by atoms with van der Waals surface area (Å²) in [4.78, 5) is 17.8. The van der Waals surface area contributed by atoms with E-state index in [2.05, 4.69) is 29.2 Å². The number of amides is 1. The molecule has 2 N–H and O–H groups in total.